The lowest BCUT2D eigenvalue weighted by Gasteiger charge is -1.99. The Bertz CT molecular complexity index is 445. The van der Waals surface area contributed by atoms with Gasteiger partial charge in [-0.2, -0.15) is 10.3 Å². The van der Waals surface area contributed by atoms with E-state index in [1.807, 2.05) is 0 Å². The van der Waals surface area contributed by atoms with Gasteiger partial charge in [0.15, 0.2) is 5.82 Å². The summed E-state index contributed by atoms with van der Waals surface area (Å²) in [5, 5.41) is 21.6. The number of hydrogen-bond donors (Lipinski definition) is 4. The standard InChI is InChI=1S/C6H8N8O/c7-3-1-9-12-5(3)6(15)8-2-4-10-13-14-11-4/h1H,2,7H2,(H,8,15)(H,9,12)(H,10,11,13,14). The van der Waals surface area contributed by atoms with E-state index < -0.39 is 0 Å². The maximum atomic E-state index is 11.5. The van der Waals surface area contributed by atoms with Crippen LogP contribution in [0.5, 0.6) is 0 Å². The summed E-state index contributed by atoms with van der Waals surface area (Å²) in [7, 11) is 0. The number of nitrogen functional groups attached to an aromatic ring is 1. The van der Waals surface area contributed by atoms with Crippen molar-refractivity contribution in [3.8, 4) is 0 Å². The SMILES string of the molecule is Nc1cn[nH]c1C(=O)NCc1nn[nH]n1. The molecule has 0 atom stereocenters. The molecular formula is C6H8N8O. The molecule has 0 aliphatic heterocycles. The molecule has 1 amide bonds. The lowest BCUT2D eigenvalue weighted by atomic mass is 10.3. The summed E-state index contributed by atoms with van der Waals surface area (Å²) in [5.74, 6) is 0.0243. The first-order valence-corrected chi connectivity index (χ1v) is 4.06. The predicted molar refractivity (Wildman–Crippen MR) is 48.3 cm³/mol. The molecule has 5 N–H and O–H groups in total. The molecule has 9 heteroatoms. The average molecular weight is 208 g/mol. The lowest BCUT2D eigenvalue weighted by Crippen LogP contribution is -2.24. The number of aromatic amines is 2. The zero-order chi connectivity index (χ0) is 10.7. The van der Waals surface area contributed by atoms with E-state index in [1.54, 1.807) is 0 Å². The summed E-state index contributed by atoms with van der Waals surface area (Å²) >= 11 is 0. The summed E-state index contributed by atoms with van der Waals surface area (Å²) < 4.78 is 0. The summed E-state index contributed by atoms with van der Waals surface area (Å²) in [5.41, 5.74) is 6.00. The fourth-order valence-electron chi connectivity index (χ4n) is 0.982. The minimum atomic E-state index is -0.366. The number of nitrogens with one attached hydrogen (secondary N) is 3. The Labute approximate surface area is 83.4 Å². The first-order chi connectivity index (χ1) is 7.27. The van der Waals surface area contributed by atoms with Crippen LogP contribution < -0.4 is 11.1 Å². The predicted octanol–water partition coefficient (Wildman–Crippen LogP) is -1.57. The topological polar surface area (TPSA) is 138 Å². The van der Waals surface area contributed by atoms with Gasteiger partial charge in [-0.3, -0.25) is 9.89 Å². The van der Waals surface area contributed by atoms with Crippen LogP contribution in [0.2, 0.25) is 0 Å². The molecule has 0 spiro atoms. The molecule has 0 radical (unpaired) electrons. The molecule has 0 unspecified atom stereocenters. The van der Waals surface area contributed by atoms with Crippen molar-refractivity contribution in [1.29, 1.82) is 0 Å². The van der Waals surface area contributed by atoms with E-state index in [9.17, 15) is 4.79 Å². The minimum absolute atomic E-state index is 0.174. The highest BCUT2D eigenvalue weighted by atomic mass is 16.1. The van der Waals surface area contributed by atoms with Gasteiger partial charge in [0.1, 0.15) is 5.69 Å². The number of nitrogens with two attached hydrogens (primary N) is 1. The van der Waals surface area contributed by atoms with Crippen LogP contribution in [0.15, 0.2) is 6.20 Å². The Balaban J connectivity index is 1.96. The number of tetrazole rings is 1. The van der Waals surface area contributed by atoms with E-state index in [4.69, 9.17) is 5.73 Å². The van der Waals surface area contributed by atoms with Crippen molar-refractivity contribution in [1.82, 2.24) is 36.1 Å². The first kappa shape index (κ1) is 9.12. The number of aromatic nitrogens is 6. The van der Waals surface area contributed by atoms with Crippen LogP contribution in [-0.4, -0.2) is 36.7 Å². The Hall–Kier alpha value is -2.45. The van der Waals surface area contributed by atoms with Gasteiger partial charge in [-0.05, 0) is 0 Å². The van der Waals surface area contributed by atoms with E-state index in [0.717, 1.165) is 0 Å². The number of anilines is 1. The van der Waals surface area contributed by atoms with Gasteiger partial charge in [-0.15, -0.1) is 10.2 Å². The fourth-order valence-corrected chi connectivity index (χ4v) is 0.982. The molecule has 2 aromatic heterocycles. The molecule has 0 aromatic carbocycles. The maximum Gasteiger partial charge on any atom is 0.271 e. The van der Waals surface area contributed by atoms with E-state index in [0.29, 0.717) is 11.5 Å². The second-order valence-electron chi connectivity index (χ2n) is 2.71. The molecule has 9 nitrogen and oxygen atoms in total. The van der Waals surface area contributed by atoms with Crippen LogP contribution >= 0.6 is 0 Å². The molecule has 2 heterocycles. The number of carbonyl (C=O) groups excluding carboxylic acids is 1. The molecule has 0 bridgehead atoms. The van der Waals surface area contributed by atoms with E-state index in [1.165, 1.54) is 6.20 Å². The second-order valence-corrected chi connectivity index (χ2v) is 2.71. The smallest absolute Gasteiger partial charge is 0.271 e. The Morgan fingerprint density at radius 2 is 2.47 bits per heavy atom. The summed E-state index contributed by atoms with van der Waals surface area (Å²) in [6.07, 6.45) is 1.36. The lowest BCUT2D eigenvalue weighted by molar-refractivity contribution is 0.0946. The van der Waals surface area contributed by atoms with Gasteiger partial charge in [0.05, 0.1) is 18.4 Å². The van der Waals surface area contributed by atoms with Gasteiger partial charge in [-0.1, -0.05) is 5.21 Å². The fraction of sp³-hybridized carbons (Fsp3) is 0.167. The molecule has 0 aliphatic rings. The van der Waals surface area contributed by atoms with Crippen molar-refractivity contribution in [2.45, 2.75) is 6.54 Å². The van der Waals surface area contributed by atoms with Crippen LogP contribution in [0.25, 0.3) is 0 Å². The third-order valence-electron chi connectivity index (χ3n) is 1.69. The Morgan fingerprint density at radius 3 is 3.07 bits per heavy atom. The zero-order valence-electron chi connectivity index (χ0n) is 7.56. The van der Waals surface area contributed by atoms with Crippen molar-refractivity contribution < 1.29 is 4.79 Å². The highest BCUT2D eigenvalue weighted by Crippen LogP contribution is 2.05. The maximum absolute atomic E-state index is 11.5. The van der Waals surface area contributed by atoms with Gasteiger partial charge in [-0.25, -0.2) is 0 Å². The zero-order valence-corrected chi connectivity index (χ0v) is 7.56. The molecule has 2 aromatic rings. The third kappa shape index (κ3) is 1.90. The third-order valence-corrected chi connectivity index (χ3v) is 1.69. The molecular weight excluding hydrogens is 200 g/mol. The quantitative estimate of drug-likeness (QED) is 0.481. The van der Waals surface area contributed by atoms with E-state index in [-0.39, 0.29) is 18.1 Å². The molecule has 78 valence electrons. The van der Waals surface area contributed by atoms with Crippen LogP contribution in [0.3, 0.4) is 0 Å². The van der Waals surface area contributed by atoms with Crippen LogP contribution in [0.4, 0.5) is 5.69 Å². The van der Waals surface area contributed by atoms with E-state index in [2.05, 4.69) is 36.1 Å². The summed E-state index contributed by atoms with van der Waals surface area (Å²) in [4.78, 5) is 11.5. The molecule has 0 saturated heterocycles. The highest BCUT2D eigenvalue weighted by molar-refractivity contribution is 5.96. The summed E-state index contributed by atoms with van der Waals surface area (Å²) in [6, 6.07) is 0. The number of hydrogen-bond acceptors (Lipinski definition) is 6. The average Bonchev–Trinajstić information content (AvgIpc) is 2.84. The summed E-state index contributed by atoms with van der Waals surface area (Å²) in [6.45, 7) is 0.174. The van der Waals surface area contributed by atoms with Crippen LogP contribution in [-0.2, 0) is 6.54 Å². The largest absolute Gasteiger partial charge is 0.396 e. The van der Waals surface area contributed by atoms with Gasteiger partial charge >= 0.3 is 0 Å². The Morgan fingerprint density at radius 1 is 1.60 bits per heavy atom. The van der Waals surface area contributed by atoms with Crippen LogP contribution in [0, 0.1) is 0 Å². The van der Waals surface area contributed by atoms with Crippen molar-refractivity contribution in [2.24, 2.45) is 0 Å². The molecule has 2 rings (SSSR count). The van der Waals surface area contributed by atoms with Crippen molar-refractivity contribution in [3.05, 3.63) is 17.7 Å². The van der Waals surface area contributed by atoms with Gasteiger partial charge in [0, 0.05) is 0 Å². The molecule has 0 saturated carbocycles. The normalized spacial score (nSPS) is 10.1. The molecule has 0 aliphatic carbocycles. The number of H-pyrrole nitrogens is 2. The number of nitrogens with zero attached hydrogens (tertiary/aromatic N) is 4. The highest BCUT2D eigenvalue weighted by Gasteiger charge is 2.11. The monoisotopic (exact) mass is 208 g/mol. The van der Waals surface area contributed by atoms with Crippen molar-refractivity contribution in [2.75, 3.05) is 5.73 Å². The van der Waals surface area contributed by atoms with Gasteiger partial charge in [0.2, 0.25) is 0 Å². The van der Waals surface area contributed by atoms with Crippen molar-refractivity contribution in [3.63, 3.8) is 0 Å². The number of carbonyl (C=O) groups is 1. The second kappa shape index (κ2) is 3.74. The first-order valence-electron chi connectivity index (χ1n) is 4.06. The van der Waals surface area contributed by atoms with Gasteiger partial charge in [0.25, 0.3) is 5.91 Å². The minimum Gasteiger partial charge on any atom is -0.396 e. The van der Waals surface area contributed by atoms with Crippen LogP contribution in [0.1, 0.15) is 16.3 Å². The number of rotatable bonds is 3. The van der Waals surface area contributed by atoms with Gasteiger partial charge < -0.3 is 11.1 Å². The molecule has 15 heavy (non-hydrogen) atoms. The number of amides is 1. The van der Waals surface area contributed by atoms with Crippen molar-refractivity contribution >= 4 is 11.6 Å². The van der Waals surface area contributed by atoms with E-state index >= 15 is 0 Å². The molecule has 0 fully saturated rings. The Kier molecular flexibility index (Phi) is 2.27.